The van der Waals surface area contributed by atoms with Gasteiger partial charge in [-0.1, -0.05) is 88.1 Å². The summed E-state index contributed by atoms with van der Waals surface area (Å²) in [5.41, 5.74) is 1.32. The number of hydrogen-bond acceptors (Lipinski definition) is 4. The number of carbonyl (C=O) groups excluding carboxylic acids is 1. The molecule has 1 unspecified atom stereocenters. The van der Waals surface area contributed by atoms with Crippen LogP contribution in [-0.4, -0.2) is 36.9 Å². The van der Waals surface area contributed by atoms with Crippen LogP contribution in [0.3, 0.4) is 0 Å². The first-order valence-electron chi connectivity index (χ1n) is 10.7. The molecule has 0 aliphatic carbocycles. The van der Waals surface area contributed by atoms with Gasteiger partial charge in [-0.2, -0.15) is 0 Å². The van der Waals surface area contributed by atoms with Gasteiger partial charge in [0.05, 0.1) is 12.0 Å². The van der Waals surface area contributed by atoms with Gasteiger partial charge in [0.1, 0.15) is 6.61 Å². The fraction of sp³-hybridized carbons (Fsp3) is 0.500. The molecule has 0 spiro atoms. The second-order valence-corrected chi connectivity index (χ2v) is 6.65. The van der Waals surface area contributed by atoms with Crippen LogP contribution in [0.5, 0.6) is 0 Å². The van der Waals surface area contributed by atoms with E-state index in [9.17, 15) is 9.90 Å². The third-order valence-electron chi connectivity index (χ3n) is 3.89. The number of allylic oxidation sites excluding steroid dienone is 7. The second kappa shape index (κ2) is 23.1. The maximum atomic E-state index is 11.6. The maximum Gasteiger partial charge on any atom is 0.310 e. The maximum absolute atomic E-state index is 11.6. The zero-order valence-corrected chi connectivity index (χ0v) is 20.3. The van der Waals surface area contributed by atoms with Gasteiger partial charge in [-0.15, -0.1) is 0 Å². The first kappa shape index (κ1) is 32.5. The van der Waals surface area contributed by atoms with Crippen molar-refractivity contribution in [3.63, 3.8) is 0 Å². The van der Waals surface area contributed by atoms with Crippen LogP contribution in [0.2, 0.25) is 0 Å². The first-order valence-corrected chi connectivity index (χ1v) is 10.7. The molecule has 4 nitrogen and oxygen atoms in total. The molecule has 0 heterocycles. The van der Waals surface area contributed by atoms with Crippen molar-refractivity contribution in [3.8, 4) is 0 Å². The summed E-state index contributed by atoms with van der Waals surface area (Å²) < 4.78 is 5.14. The zero-order valence-electron chi connectivity index (χ0n) is 20.3. The molecular weight excluding hydrogens is 374 g/mol. The number of hydrogen-bond donors (Lipinski definition) is 2. The molecule has 0 aromatic heterocycles. The average Bonchev–Trinajstić information content (AvgIpc) is 2.74. The number of carbonyl (C=O) groups is 1. The molecule has 172 valence electrons. The molecule has 0 rings (SSSR count). The molecular formula is C26H45NO3. The lowest BCUT2D eigenvalue weighted by Gasteiger charge is -2.20. The molecule has 1 atom stereocenters. The molecule has 2 N–H and O–H groups in total. The molecule has 0 bridgehead atoms. The van der Waals surface area contributed by atoms with E-state index in [1.54, 1.807) is 18.2 Å². The molecule has 0 aliphatic heterocycles. The van der Waals surface area contributed by atoms with Crippen molar-refractivity contribution in [1.82, 2.24) is 5.32 Å². The van der Waals surface area contributed by atoms with Crippen molar-refractivity contribution in [1.29, 1.82) is 0 Å². The van der Waals surface area contributed by atoms with E-state index in [1.807, 2.05) is 79.0 Å². The minimum absolute atomic E-state index is 0.232. The van der Waals surface area contributed by atoms with Crippen LogP contribution < -0.4 is 5.32 Å². The predicted molar refractivity (Wildman–Crippen MR) is 133 cm³/mol. The molecule has 0 saturated carbocycles. The Bertz CT molecular complexity index is 567. The normalized spacial score (nSPS) is 13.6. The molecule has 30 heavy (non-hydrogen) atoms. The second-order valence-electron chi connectivity index (χ2n) is 6.65. The smallest absolute Gasteiger partial charge is 0.310 e. The quantitative estimate of drug-likeness (QED) is 0.297. The Hall–Kier alpha value is -2.17. The highest BCUT2D eigenvalue weighted by molar-refractivity contribution is 5.72. The van der Waals surface area contributed by atoms with Gasteiger partial charge in [-0.05, 0) is 52.8 Å². The van der Waals surface area contributed by atoms with Crippen molar-refractivity contribution < 1.29 is 14.6 Å². The molecule has 0 aromatic carbocycles. The van der Waals surface area contributed by atoms with Gasteiger partial charge in [-0.3, -0.25) is 4.79 Å². The highest BCUT2D eigenvalue weighted by atomic mass is 16.5. The SMILES string of the molecule is C=C/C=C(\C=C)COC(=O)C/C(C)=C/C=C\C=C/C.CC.CCC(C)(O)CCNC. The van der Waals surface area contributed by atoms with Crippen LogP contribution in [0.1, 0.15) is 60.8 Å². The largest absolute Gasteiger partial charge is 0.461 e. The summed E-state index contributed by atoms with van der Waals surface area (Å²) in [5.74, 6) is -0.245. The zero-order chi connectivity index (χ0) is 23.8. The lowest BCUT2D eigenvalue weighted by atomic mass is 10.00. The number of rotatable bonds is 12. The Morgan fingerprint density at radius 3 is 2.27 bits per heavy atom. The van der Waals surface area contributed by atoms with Gasteiger partial charge in [0.2, 0.25) is 0 Å². The van der Waals surface area contributed by atoms with Crippen LogP contribution in [0.15, 0.2) is 72.9 Å². The van der Waals surface area contributed by atoms with E-state index >= 15 is 0 Å². The van der Waals surface area contributed by atoms with Crippen molar-refractivity contribution >= 4 is 5.97 Å². The van der Waals surface area contributed by atoms with E-state index in [1.165, 1.54) is 0 Å². The fourth-order valence-electron chi connectivity index (χ4n) is 1.79. The van der Waals surface area contributed by atoms with Crippen molar-refractivity contribution in [2.75, 3.05) is 20.2 Å². The Morgan fingerprint density at radius 2 is 1.80 bits per heavy atom. The monoisotopic (exact) mass is 419 g/mol. The molecule has 4 heteroatoms. The first-order chi connectivity index (χ1) is 14.3. The van der Waals surface area contributed by atoms with E-state index < -0.39 is 5.60 Å². The Balaban J connectivity index is -0.000000554. The molecule has 0 saturated heterocycles. The number of esters is 1. The van der Waals surface area contributed by atoms with Crippen LogP contribution in [0.4, 0.5) is 0 Å². The van der Waals surface area contributed by atoms with E-state index in [-0.39, 0.29) is 12.6 Å². The van der Waals surface area contributed by atoms with E-state index in [2.05, 4.69) is 18.5 Å². The number of ether oxygens (including phenoxy) is 1. The molecule has 0 fully saturated rings. The Morgan fingerprint density at radius 1 is 1.17 bits per heavy atom. The lowest BCUT2D eigenvalue weighted by molar-refractivity contribution is -0.141. The van der Waals surface area contributed by atoms with Crippen molar-refractivity contribution in [3.05, 3.63) is 72.9 Å². The topological polar surface area (TPSA) is 58.6 Å². The van der Waals surface area contributed by atoms with Gasteiger partial charge < -0.3 is 15.2 Å². The molecule has 0 aromatic rings. The highest BCUT2D eigenvalue weighted by Gasteiger charge is 2.15. The van der Waals surface area contributed by atoms with Crippen LogP contribution in [0.25, 0.3) is 0 Å². The summed E-state index contributed by atoms with van der Waals surface area (Å²) in [5, 5.41) is 12.4. The Labute approximate surface area is 185 Å². The summed E-state index contributed by atoms with van der Waals surface area (Å²) in [6.45, 7) is 20.1. The summed E-state index contributed by atoms with van der Waals surface area (Å²) in [6, 6.07) is 0. The summed E-state index contributed by atoms with van der Waals surface area (Å²) in [7, 11) is 1.89. The van der Waals surface area contributed by atoms with Gasteiger partial charge in [0, 0.05) is 0 Å². The standard InChI is InChI=1S/C17H22O2.C7H17NO.C2H6/c1-5-8-9-10-12-15(4)13-17(18)19-14-16(7-3)11-6-2;1-4-7(2,9)5-6-8-3;1-2/h5-12H,2-3,13-14H2,1,4H3;8-9H,4-6H2,1-3H3;1-2H3/b8-5-,10-9-,15-12+,16-11+;;. The van der Waals surface area contributed by atoms with Crippen molar-refractivity contribution in [2.45, 2.75) is 66.4 Å². The van der Waals surface area contributed by atoms with E-state index in [0.717, 1.165) is 30.5 Å². The van der Waals surface area contributed by atoms with Gasteiger partial charge in [0.25, 0.3) is 0 Å². The molecule has 0 radical (unpaired) electrons. The third kappa shape index (κ3) is 23.9. The van der Waals surface area contributed by atoms with E-state index in [0.29, 0.717) is 6.42 Å². The number of aliphatic hydroxyl groups is 1. The fourth-order valence-corrected chi connectivity index (χ4v) is 1.79. The van der Waals surface area contributed by atoms with Gasteiger partial charge >= 0.3 is 5.97 Å². The minimum atomic E-state index is -0.469. The van der Waals surface area contributed by atoms with Crippen molar-refractivity contribution in [2.24, 2.45) is 0 Å². The molecule has 0 amide bonds. The summed E-state index contributed by atoms with van der Waals surface area (Å²) in [6.07, 6.45) is 16.6. The highest BCUT2D eigenvalue weighted by Crippen LogP contribution is 2.11. The predicted octanol–water partition coefficient (Wildman–Crippen LogP) is 6.08. The van der Waals surface area contributed by atoms with Crippen LogP contribution in [0, 0.1) is 0 Å². The Kier molecular flexibility index (Phi) is 25.0. The summed E-state index contributed by atoms with van der Waals surface area (Å²) >= 11 is 0. The minimum Gasteiger partial charge on any atom is -0.461 e. The van der Waals surface area contributed by atoms with E-state index in [4.69, 9.17) is 4.74 Å². The molecule has 0 aliphatic rings. The summed E-state index contributed by atoms with van der Waals surface area (Å²) in [4.78, 5) is 11.6. The number of nitrogens with one attached hydrogen (secondary N) is 1. The van der Waals surface area contributed by atoms with Gasteiger partial charge in [0.15, 0.2) is 0 Å². The van der Waals surface area contributed by atoms with Gasteiger partial charge in [-0.25, -0.2) is 0 Å². The third-order valence-corrected chi connectivity index (χ3v) is 3.89. The van der Waals surface area contributed by atoms with Crippen LogP contribution >= 0.6 is 0 Å². The van der Waals surface area contributed by atoms with Crippen LogP contribution in [-0.2, 0) is 9.53 Å². The average molecular weight is 420 g/mol. The lowest BCUT2D eigenvalue weighted by Crippen LogP contribution is -2.27.